The lowest BCUT2D eigenvalue weighted by atomic mass is 9.90. The SMILES string of the molecule is COc1ccccc1C(/C=C/C(F)(F)F)c1ccccc1. The van der Waals surface area contributed by atoms with Crippen LogP contribution in [0, 0.1) is 0 Å². The van der Waals surface area contributed by atoms with Crippen LogP contribution in [-0.4, -0.2) is 13.3 Å². The molecule has 0 radical (unpaired) electrons. The number of alkyl halides is 3. The van der Waals surface area contributed by atoms with Gasteiger partial charge in [0.05, 0.1) is 7.11 Å². The maximum Gasteiger partial charge on any atom is 0.409 e. The van der Waals surface area contributed by atoms with Crippen molar-refractivity contribution in [2.45, 2.75) is 12.1 Å². The summed E-state index contributed by atoms with van der Waals surface area (Å²) in [5.74, 6) is 0.0575. The molecule has 0 N–H and O–H groups in total. The van der Waals surface area contributed by atoms with Crippen molar-refractivity contribution in [3.63, 3.8) is 0 Å². The van der Waals surface area contributed by atoms with Gasteiger partial charge in [-0.1, -0.05) is 54.6 Å². The van der Waals surface area contributed by atoms with Crippen molar-refractivity contribution in [2.75, 3.05) is 7.11 Å². The summed E-state index contributed by atoms with van der Waals surface area (Å²) in [5.41, 5.74) is 1.48. The van der Waals surface area contributed by atoms with E-state index in [9.17, 15) is 13.2 Å². The zero-order valence-corrected chi connectivity index (χ0v) is 11.5. The van der Waals surface area contributed by atoms with Crippen LogP contribution in [0.1, 0.15) is 17.0 Å². The zero-order chi connectivity index (χ0) is 15.3. The molecule has 0 amide bonds. The Hall–Kier alpha value is -2.23. The Kier molecular flexibility index (Phi) is 4.68. The minimum atomic E-state index is -4.34. The molecule has 1 nitrogen and oxygen atoms in total. The lowest BCUT2D eigenvalue weighted by molar-refractivity contribution is -0.0800. The van der Waals surface area contributed by atoms with Gasteiger partial charge >= 0.3 is 6.18 Å². The molecular formula is C17H15F3O. The first-order valence-electron chi connectivity index (χ1n) is 6.45. The van der Waals surface area contributed by atoms with Crippen molar-refractivity contribution in [3.8, 4) is 5.75 Å². The van der Waals surface area contributed by atoms with Crippen molar-refractivity contribution < 1.29 is 17.9 Å². The normalized spacial score (nSPS) is 13.3. The first kappa shape index (κ1) is 15.2. The Balaban J connectivity index is 2.48. The predicted octanol–water partition coefficient (Wildman–Crippen LogP) is 4.95. The van der Waals surface area contributed by atoms with E-state index in [0.717, 1.165) is 11.6 Å². The van der Waals surface area contributed by atoms with Gasteiger partial charge in [-0.25, -0.2) is 0 Å². The Morgan fingerprint density at radius 3 is 2.19 bits per heavy atom. The van der Waals surface area contributed by atoms with E-state index < -0.39 is 12.1 Å². The highest BCUT2D eigenvalue weighted by atomic mass is 19.4. The highest BCUT2D eigenvalue weighted by molar-refractivity contribution is 5.45. The summed E-state index contributed by atoms with van der Waals surface area (Å²) >= 11 is 0. The third kappa shape index (κ3) is 4.12. The largest absolute Gasteiger partial charge is 0.496 e. The first-order valence-corrected chi connectivity index (χ1v) is 6.45. The molecule has 21 heavy (non-hydrogen) atoms. The molecule has 0 aliphatic rings. The molecule has 0 fully saturated rings. The van der Waals surface area contributed by atoms with Crippen molar-refractivity contribution in [1.29, 1.82) is 0 Å². The third-order valence-electron chi connectivity index (χ3n) is 3.11. The molecule has 2 aromatic rings. The molecule has 0 bridgehead atoms. The Labute approximate surface area is 121 Å². The van der Waals surface area contributed by atoms with E-state index in [1.54, 1.807) is 48.5 Å². The van der Waals surface area contributed by atoms with Crippen molar-refractivity contribution >= 4 is 0 Å². The second-order valence-corrected chi connectivity index (χ2v) is 4.53. The van der Waals surface area contributed by atoms with Gasteiger partial charge in [0.1, 0.15) is 5.75 Å². The van der Waals surface area contributed by atoms with Gasteiger partial charge in [-0.3, -0.25) is 0 Å². The molecule has 0 aliphatic heterocycles. The van der Waals surface area contributed by atoms with Gasteiger partial charge in [-0.15, -0.1) is 0 Å². The van der Waals surface area contributed by atoms with E-state index in [-0.39, 0.29) is 6.08 Å². The molecular weight excluding hydrogens is 277 g/mol. The van der Waals surface area contributed by atoms with Crippen LogP contribution in [0.25, 0.3) is 0 Å². The molecule has 0 saturated heterocycles. The molecule has 0 aliphatic carbocycles. The number of rotatable bonds is 4. The van der Waals surface area contributed by atoms with E-state index in [2.05, 4.69) is 0 Å². The van der Waals surface area contributed by atoms with Gasteiger partial charge in [0.15, 0.2) is 0 Å². The number of hydrogen-bond donors (Lipinski definition) is 0. The van der Waals surface area contributed by atoms with E-state index >= 15 is 0 Å². The number of benzene rings is 2. The number of methoxy groups -OCH3 is 1. The van der Waals surface area contributed by atoms with Crippen molar-refractivity contribution in [1.82, 2.24) is 0 Å². The van der Waals surface area contributed by atoms with Crippen molar-refractivity contribution in [2.24, 2.45) is 0 Å². The van der Waals surface area contributed by atoms with Crippen LogP contribution in [0.4, 0.5) is 13.2 Å². The minimum Gasteiger partial charge on any atom is -0.496 e. The molecule has 2 rings (SSSR count). The third-order valence-corrected chi connectivity index (χ3v) is 3.11. The Bertz CT molecular complexity index is 603. The first-order chi connectivity index (χ1) is 10.0. The number of allylic oxidation sites excluding steroid dienone is 2. The fourth-order valence-electron chi connectivity index (χ4n) is 2.18. The maximum absolute atomic E-state index is 12.5. The van der Waals surface area contributed by atoms with Crippen LogP contribution in [0.15, 0.2) is 66.7 Å². The number of para-hydroxylation sites is 1. The monoisotopic (exact) mass is 292 g/mol. The average molecular weight is 292 g/mol. The molecule has 0 saturated carbocycles. The topological polar surface area (TPSA) is 9.23 Å². The molecule has 0 aromatic heterocycles. The summed E-state index contributed by atoms with van der Waals surface area (Å²) in [7, 11) is 1.51. The number of hydrogen-bond acceptors (Lipinski definition) is 1. The highest BCUT2D eigenvalue weighted by Gasteiger charge is 2.24. The van der Waals surface area contributed by atoms with Crippen LogP contribution < -0.4 is 4.74 Å². The number of halogens is 3. The molecule has 1 unspecified atom stereocenters. The fourth-order valence-corrected chi connectivity index (χ4v) is 2.18. The summed E-state index contributed by atoms with van der Waals surface area (Å²) in [5, 5.41) is 0. The van der Waals surface area contributed by atoms with Crippen LogP contribution in [-0.2, 0) is 0 Å². The molecule has 1 atom stereocenters. The van der Waals surface area contributed by atoms with Crippen molar-refractivity contribution in [3.05, 3.63) is 77.9 Å². The second-order valence-electron chi connectivity index (χ2n) is 4.53. The fraction of sp³-hybridized carbons (Fsp3) is 0.176. The quantitative estimate of drug-likeness (QED) is 0.725. The maximum atomic E-state index is 12.5. The molecule has 110 valence electrons. The summed E-state index contributed by atoms with van der Waals surface area (Å²) in [6.45, 7) is 0. The van der Waals surface area contributed by atoms with Gasteiger partial charge < -0.3 is 4.74 Å². The van der Waals surface area contributed by atoms with Gasteiger partial charge in [0, 0.05) is 17.6 Å². The van der Waals surface area contributed by atoms with Crippen LogP contribution >= 0.6 is 0 Å². The molecule has 2 aromatic carbocycles. The predicted molar refractivity (Wildman–Crippen MR) is 76.5 cm³/mol. The Morgan fingerprint density at radius 2 is 1.57 bits per heavy atom. The summed E-state index contributed by atoms with van der Waals surface area (Å²) in [6, 6.07) is 16.1. The molecule has 0 heterocycles. The highest BCUT2D eigenvalue weighted by Crippen LogP contribution is 2.33. The standard InChI is InChI=1S/C17H15F3O/c1-21-16-10-6-5-9-15(16)14(11-12-17(18,19)20)13-7-3-2-4-8-13/h2-12,14H,1H3/b12-11+. The van der Waals surface area contributed by atoms with Gasteiger partial charge in [0.2, 0.25) is 0 Å². The minimum absolute atomic E-state index is 0.275. The van der Waals surface area contributed by atoms with Gasteiger partial charge in [-0.05, 0) is 11.6 Å². The van der Waals surface area contributed by atoms with Crippen LogP contribution in [0.2, 0.25) is 0 Å². The van der Waals surface area contributed by atoms with Gasteiger partial charge in [0.25, 0.3) is 0 Å². The summed E-state index contributed by atoms with van der Waals surface area (Å²) in [4.78, 5) is 0. The molecule has 0 spiro atoms. The summed E-state index contributed by atoms with van der Waals surface area (Å²) < 4.78 is 42.8. The van der Waals surface area contributed by atoms with Crippen LogP contribution in [0.5, 0.6) is 5.75 Å². The average Bonchev–Trinajstić information content (AvgIpc) is 2.48. The lowest BCUT2D eigenvalue weighted by Crippen LogP contribution is -2.05. The van der Waals surface area contributed by atoms with Gasteiger partial charge in [-0.2, -0.15) is 13.2 Å². The lowest BCUT2D eigenvalue weighted by Gasteiger charge is -2.17. The Morgan fingerprint density at radius 1 is 0.952 bits per heavy atom. The second kappa shape index (κ2) is 6.48. The molecule has 4 heteroatoms. The van der Waals surface area contributed by atoms with E-state index in [1.165, 1.54) is 7.11 Å². The summed E-state index contributed by atoms with van der Waals surface area (Å²) in [6.07, 6.45) is -2.90. The smallest absolute Gasteiger partial charge is 0.409 e. The zero-order valence-electron chi connectivity index (χ0n) is 11.5. The van der Waals surface area contributed by atoms with E-state index in [1.807, 2.05) is 6.07 Å². The van der Waals surface area contributed by atoms with E-state index in [4.69, 9.17) is 4.74 Å². The number of ether oxygens (including phenoxy) is 1. The van der Waals surface area contributed by atoms with Crippen LogP contribution in [0.3, 0.4) is 0 Å². The van der Waals surface area contributed by atoms with E-state index in [0.29, 0.717) is 11.3 Å².